The third kappa shape index (κ3) is 2.96. The average Bonchev–Trinajstić information content (AvgIpc) is 2.25. The Balaban J connectivity index is 2.59. The quantitative estimate of drug-likeness (QED) is 0.772. The summed E-state index contributed by atoms with van der Waals surface area (Å²) in [5, 5.41) is 18.6. The third-order valence-corrected chi connectivity index (χ3v) is 2.46. The third-order valence-electron chi connectivity index (χ3n) is 2.46. The van der Waals surface area contributed by atoms with Crippen molar-refractivity contribution in [2.45, 2.75) is 6.18 Å². The van der Waals surface area contributed by atoms with E-state index in [0.717, 1.165) is 30.3 Å². The number of halogens is 4. The molecular weight excluding hydrogens is 264 g/mol. The van der Waals surface area contributed by atoms with E-state index in [-0.39, 0.29) is 22.6 Å². The summed E-state index contributed by atoms with van der Waals surface area (Å²) in [5.41, 5.74) is -1.13. The summed E-state index contributed by atoms with van der Waals surface area (Å²) in [5.74, 6) is -1.70. The Morgan fingerprint density at radius 1 is 0.737 bits per heavy atom. The minimum atomic E-state index is -4.67. The number of phenols is 2. The molecule has 0 unspecified atom stereocenters. The molecule has 0 saturated heterocycles. The SMILES string of the molecule is Oc1cc(O)cc(-c2cc(F)cc(C(F)(F)F)c2)c1. The van der Waals surface area contributed by atoms with Gasteiger partial charge in [0.05, 0.1) is 5.56 Å². The molecule has 0 amide bonds. The second-order valence-corrected chi connectivity index (χ2v) is 3.96. The van der Waals surface area contributed by atoms with Gasteiger partial charge < -0.3 is 10.2 Å². The van der Waals surface area contributed by atoms with Gasteiger partial charge in [-0.15, -0.1) is 0 Å². The topological polar surface area (TPSA) is 40.5 Å². The molecule has 0 bridgehead atoms. The first-order valence-electron chi connectivity index (χ1n) is 5.17. The molecule has 19 heavy (non-hydrogen) atoms. The highest BCUT2D eigenvalue weighted by Crippen LogP contribution is 2.35. The number of hydrogen-bond acceptors (Lipinski definition) is 2. The zero-order chi connectivity index (χ0) is 14.2. The van der Waals surface area contributed by atoms with E-state index >= 15 is 0 Å². The monoisotopic (exact) mass is 272 g/mol. The van der Waals surface area contributed by atoms with E-state index in [1.807, 2.05) is 0 Å². The van der Waals surface area contributed by atoms with Crippen molar-refractivity contribution in [1.29, 1.82) is 0 Å². The van der Waals surface area contributed by atoms with Crippen molar-refractivity contribution < 1.29 is 27.8 Å². The summed E-state index contributed by atoms with van der Waals surface area (Å²) in [4.78, 5) is 0. The number of phenolic OH excluding ortho intramolecular Hbond substituents is 2. The van der Waals surface area contributed by atoms with Crippen molar-refractivity contribution in [3.05, 3.63) is 47.8 Å². The molecule has 2 rings (SSSR count). The van der Waals surface area contributed by atoms with Crippen LogP contribution in [0.3, 0.4) is 0 Å². The minimum Gasteiger partial charge on any atom is -0.508 e. The van der Waals surface area contributed by atoms with E-state index in [4.69, 9.17) is 0 Å². The highest BCUT2D eigenvalue weighted by molar-refractivity contribution is 5.68. The van der Waals surface area contributed by atoms with Gasteiger partial charge in [0.15, 0.2) is 0 Å². The molecule has 0 aliphatic carbocycles. The normalized spacial score (nSPS) is 11.6. The van der Waals surface area contributed by atoms with Crippen LogP contribution in [0.1, 0.15) is 5.56 Å². The van der Waals surface area contributed by atoms with Crippen LogP contribution in [0.25, 0.3) is 11.1 Å². The van der Waals surface area contributed by atoms with Gasteiger partial charge in [-0.1, -0.05) is 0 Å². The summed E-state index contributed by atoms with van der Waals surface area (Å²) < 4.78 is 50.9. The largest absolute Gasteiger partial charge is 0.508 e. The van der Waals surface area contributed by atoms with Crippen LogP contribution < -0.4 is 0 Å². The fraction of sp³-hybridized carbons (Fsp3) is 0.0769. The molecule has 0 spiro atoms. The van der Waals surface area contributed by atoms with Crippen LogP contribution in [0.15, 0.2) is 36.4 Å². The Labute approximate surface area is 105 Å². The van der Waals surface area contributed by atoms with Gasteiger partial charge >= 0.3 is 6.18 Å². The maximum atomic E-state index is 13.2. The predicted molar refractivity (Wildman–Crippen MR) is 60.2 cm³/mol. The standard InChI is InChI=1S/C13H8F4O2/c14-10-2-7(1-9(5-10)13(15,16)17)8-3-11(18)6-12(19)4-8/h1-6,18-19H. The van der Waals surface area contributed by atoms with Crippen LogP contribution in [0.5, 0.6) is 11.5 Å². The molecule has 0 saturated carbocycles. The molecule has 0 aromatic heterocycles. The lowest BCUT2D eigenvalue weighted by Crippen LogP contribution is -2.05. The average molecular weight is 272 g/mol. The Bertz CT molecular complexity index is 600. The van der Waals surface area contributed by atoms with Crippen molar-refractivity contribution in [3.8, 4) is 22.6 Å². The van der Waals surface area contributed by atoms with E-state index < -0.39 is 17.6 Å². The molecule has 0 heterocycles. The molecule has 0 aliphatic rings. The number of aromatic hydroxyl groups is 2. The number of benzene rings is 2. The summed E-state index contributed by atoms with van der Waals surface area (Å²) in [6, 6.07) is 5.31. The minimum absolute atomic E-state index is 0.0847. The molecule has 2 N–H and O–H groups in total. The van der Waals surface area contributed by atoms with Crippen molar-refractivity contribution in [3.63, 3.8) is 0 Å². The second-order valence-electron chi connectivity index (χ2n) is 3.96. The molecule has 2 nitrogen and oxygen atoms in total. The first kappa shape index (κ1) is 13.2. The van der Waals surface area contributed by atoms with Crippen LogP contribution in [-0.2, 0) is 6.18 Å². The summed E-state index contributed by atoms with van der Waals surface area (Å²) in [7, 11) is 0. The van der Waals surface area contributed by atoms with E-state index in [1.165, 1.54) is 0 Å². The van der Waals surface area contributed by atoms with Crippen molar-refractivity contribution in [1.82, 2.24) is 0 Å². The Hall–Kier alpha value is -2.24. The van der Waals surface area contributed by atoms with Gasteiger partial charge in [0, 0.05) is 6.07 Å². The number of hydrogen-bond donors (Lipinski definition) is 2. The lowest BCUT2D eigenvalue weighted by atomic mass is 10.0. The van der Waals surface area contributed by atoms with Crippen LogP contribution in [0.4, 0.5) is 17.6 Å². The number of rotatable bonds is 1. The molecule has 100 valence electrons. The van der Waals surface area contributed by atoms with Crippen molar-refractivity contribution in [2.75, 3.05) is 0 Å². The summed E-state index contributed by atoms with van der Waals surface area (Å²) in [6.45, 7) is 0. The van der Waals surface area contributed by atoms with Gasteiger partial charge in [0.25, 0.3) is 0 Å². The lowest BCUT2D eigenvalue weighted by molar-refractivity contribution is -0.137. The lowest BCUT2D eigenvalue weighted by Gasteiger charge is -2.10. The van der Waals surface area contributed by atoms with Gasteiger partial charge in [-0.25, -0.2) is 4.39 Å². The Morgan fingerprint density at radius 2 is 1.26 bits per heavy atom. The summed E-state index contributed by atoms with van der Waals surface area (Å²) in [6.07, 6.45) is -4.67. The van der Waals surface area contributed by atoms with Gasteiger partial charge in [-0.2, -0.15) is 13.2 Å². The highest BCUT2D eigenvalue weighted by atomic mass is 19.4. The van der Waals surface area contributed by atoms with Gasteiger partial charge in [-0.3, -0.25) is 0 Å². The fourth-order valence-corrected chi connectivity index (χ4v) is 1.68. The van der Waals surface area contributed by atoms with Crippen LogP contribution in [0.2, 0.25) is 0 Å². The highest BCUT2D eigenvalue weighted by Gasteiger charge is 2.31. The number of alkyl halides is 3. The zero-order valence-electron chi connectivity index (χ0n) is 9.37. The Morgan fingerprint density at radius 3 is 1.79 bits per heavy atom. The zero-order valence-corrected chi connectivity index (χ0v) is 9.37. The van der Waals surface area contributed by atoms with E-state index in [1.54, 1.807) is 0 Å². The van der Waals surface area contributed by atoms with Gasteiger partial charge in [0.2, 0.25) is 0 Å². The molecule has 0 atom stereocenters. The van der Waals surface area contributed by atoms with Crippen molar-refractivity contribution >= 4 is 0 Å². The summed E-state index contributed by atoms with van der Waals surface area (Å²) >= 11 is 0. The first-order chi connectivity index (χ1) is 8.75. The maximum absolute atomic E-state index is 13.2. The van der Waals surface area contributed by atoms with Crippen LogP contribution >= 0.6 is 0 Å². The van der Waals surface area contributed by atoms with E-state index in [0.29, 0.717) is 6.07 Å². The molecule has 2 aromatic carbocycles. The first-order valence-corrected chi connectivity index (χ1v) is 5.17. The van der Waals surface area contributed by atoms with E-state index in [9.17, 15) is 27.8 Å². The molecule has 0 fully saturated rings. The predicted octanol–water partition coefficient (Wildman–Crippen LogP) is 3.92. The van der Waals surface area contributed by atoms with E-state index in [2.05, 4.69) is 0 Å². The van der Waals surface area contributed by atoms with Gasteiger partial charge in [0.1, 0.15) is 17.3 Å². The molecule has 0 aliphatic heterocycles. The molecule has 2 aromatic rings. The molecule has 0 radical (unpaired) electrons. The second kappa shape index (κ2) is 4.46. The molecule has 6 heteroatoms. The van der Waals surface area contributed by atoms with Gasteiger partial charge in [-0.05, 0) is 41.5 Å². The van der Waals surface area contributed by atoms with Crippen LogP contribution in [-0.4, -0.2) is 10.2 Å². The van der Waals surface area contributed by atoms with Crippen LogP contribution in [0, 0.1) is 5.82 Å². The van der Waals surface area contributed by atoms with Crippen molar-refractivity contribution in [2.24, 2.45) is 0 Å². The smallest absolute Gasteiger partial charge is 0.416 e. The fourth-order valence-electron chi connectivity index (χ4n) is 1.68. The molecular formula is C13H8F4O2. The Kier molecular flexibility index (Phi) is 3.09. The maximum Gasteiger partial charge on any atom is 0.416 e.